The number of thiazole rings is 1. The van der Waals surface area contributed by atoms with Crippen molar-refractivity contribution in [3.05, 3.63) is 47.9 Å². The highest BCUT2D eigenvalue weighted by molar-refractivity contribution is 7.14. The molecule has 2 unspecified atom stereocenters. The van der Waals surface area contributed by atoms with Gasteiger partial charge >= 0.3 is 0 Å². The van der Waals surface area contributed by atoms with Gasteiger partial charge in [0, 0.05) is 17.9 Å². The molecule has 6 nitrogen and oxygen atoms in total. The highest BCUT2D eigenvalue weighted by Crippen LogP contribution is 2.26. The van der Waals surface area contributed by atoms with Crippen molar-refractivity contribution >= 4 is 28.3 Å². The van der Waals surface area contributed by atoms with Crippen molar-refractivity contribution in [1.29, 1.82) is 0 Å². The van der Waals surface area contributed by atoms with Crippen LogP contribution < -0.4 is 10.6 Å². The number of nitrogens with one attached hydrogen (secondary N) is 2. The molecule has 0 bridgehead atoms. The Bertz CT molecular complexity index is 771. The summed E-state index contributed by atoms with van der Waals surface area (Å²) in [5, 5.41) is 8.01. The number of amides is 2. The molecule has 7 heteroatoms. The van der Waals surface area contributed by atoms with E-state index in [-0.39, 0.29) is 17.9 Å². The predicted molar refractivity (Wildman–Crippen MR) is 104 cm³/mol. The molecule has 0 fully saturated rings. The van der Waals surface area contributed by atoms with Gasteiger partial charge in [0.05, 0.1) is 18.3 Å². The van der Waals surface area contributed by atoms with E-state index in [0.717, 1.165) is 16.8 Å². The summed E-state index contributed by atoms with van der Waals surface area (Å²) in [6, 6.07) is 7.76. The van der Waals surface area contributed by atoms with Crippen molar-refractivity contribution in [3.63, 3.8) is 0 Å². The third-order valence-electron chi connectivity index (χ3n) is 3.69. The second-order valence-corrected chi connectivity index (χ2v) is 6.69. The maximum absolute atomic E-state index is 12.0. The van der Waals surface area contributed by atoms with Crippen LogP contribution in [0.2, 0.25) is 0 Å². The fourth-order valence-corrected chi connectivity index (χ4v) is 3.01. The fourth-order valence-electron chi connectivity index (χ4n) is 2.29. The van der Waals surface area contributed by atoms with Crippen LogP contribution in [-0.4, -0.2) is 29.5 Å². The monoisotopic (exact) mass is 373 g/mol. The lowest BCUT2D eigenvalue weighted by Crippen LogP contribution is -2.27. The van der Waals surface area contributed by atoms with E-state index in [1.54, 1.807) is 13.0 Å². The van der Waals surface area contributed by atoms with Crippen LogP contribution >= 0.6 is 11.3 Å². The van der Waals surface area contributed by atoms with Crippen LogP contribution in [0.4, 0.5) is 5.13 Å². The number of ether oxygens (including phenoxy) is 1. The lowest BCUT2D eigenvalue weighted by molar-refractivity contribution is -0.125. The van der Waals surface area contributed by atoms with Gasteiger partial charge in [-0.15, -0.1) is 17.9 Å². The van der Waals surface area contributed by atoms with Crippen molar-refractivity contribution < 1.29 is 14.3 Å². The van der Waals surface area contributed by atoms with Crippen molar-refractivity contribution in [2.24, 2.45) is 0 Å². The molecule has 2 aromatic rings. The minimum atomic E-state index is -0.574. The number of carbonyl (C=O) groups excluding carboxylic acids is 2. The molecule has 2 N–H and O–H groups in total. The second kappa shape index (κ2) is 9.26. The number of aromatic nitrogens is 1. The Labute approximate surface area is 157 Å². The van der Waals surface area contributed by atoms with Gasteiger partial charge in [-0.2, -0.15) is 0 Å². The van der Waals surface area contributed by atoms with Gasteiger partial charge in [0.25, 0.3) is 5.91 Å². The summed E-state index contributed by atoms with van der Waals surface area (Å²) in [5.74, 6) is -0.306. The number of hydrogen-bond acceptors (Lipinski definition) is 5. The maximum Gasteiger partial charge on any atom is 0.255 e. The fraction of sp³-hybridized carbons (Fsp3) is 0.316. The SMILES string of the molecule is C=CCOC(C)C(=O)Nc1nc(-c2ccc(C(C)NC(C)=O)cc2)cs1. The molecule has 0 radical (unpaired) electrons. The molecule has 2 atom stereocenters. The standard InChI is InChI=1S/C19H23N3O3S/c1-5-10-25-13(3)18(24)22-19-21-17(11-26-19)16-8-6-15(7-9-16)12(2)20-14(4)23/h5-9,11-13H,1,10H2,2-4H3,(H,20,23)(H,21,22,24). The van der Waals surface area contributed by atoms with Gasteiger partial charge in [0.2, 0.25) is 5.91 Å². The Balaban J connectivity index is 2.01. The average molecular weight is 373 g/mol. The van der Waals surface area contributed by atoms with Crippen molar-refractivity contribution in [3.8, 4) is 11.3 Å². The van der Waals surface area contributed by atoms with E-state index < -0.39 is 6.10 Å². The van der Waals surface area contributed by atoms with Crippen molar-refractivity contribution in [2.45, 2.75) is 32.9 Å². The summed E-state index contributed by atoms with van der Waals surface area (Å²) in [6.45, 7) is 8.99. The Morgan fingerprint density at radius 3 is 2.62 bits per heavy atom. The summed E-state index contributed by atoms with van der Waals surface area (Å²) < 4.78 is 5.30. The predicted octanol–water partition coefficient (Wildman–Crippen LogP) is 3.54. The van der Waals surface area contributed by atoms with Crippen LogP contribution in [0, 0.1) is 0 Å². The van der Waals surface area contributed by atoms with Gasteiger partial charge < -0.3 is 10.1 Å². The molecular weight excluding hydrogens is 350 g/mol. The van der Waals surface area contributed by atoms with E-state index in [1.807, 2.05) is 36.6 Å². The molecule has 138 valence electrons. The van der Waals surface area contributed by atoms with Crippen LogP contribution in [-0.2, 0) is 14.3 Å². The third kappa shape index (κ3) is 5.50. The molecule has 1 aromatic heterocycles. The molecule has 0 aliphatic heterocycles. The number of nitrogens with zero attached hydrogens (tertiary/aromatic N) is 1. The Kier molecular flexibility index (Phi) is 7.06. The molecule has 0 saturated carbocycles. The summed E-state index contributed by atoms with van der Waals surface area (Å²) >= 11 is 1.36. The first-order valence-electron chi connectivity index (χ1n) is 8.27. The third-order valence-corrected chi connectivity index (χ3v) is 4.45. The highest BCUT2D eigenvalue weighted by Gasteiger charge is 2.15. The van der Waals surface area contributed by atoms with Gasteiger partial charge in [-0.25, -0.2) is 4.98 Å². The van der Waals surface area contributed by atoms with Gasteiger partial charge in [0.1, 0.15) is 6.10 Å². The highest BCUT2D eigenvalue weighted by atomic mass is 32.1. The summed E-state index contributed by atoms with van der Waals surface area (Å²) in [7, 11) is 0. The number of rotatable bonds is 8. The minimum Gasteiger partial charge on any atom is -0.365 e. The summed E-state index contributed by atoms with van der Waals surface area (Å²) in [4.78, 5) is 27.6. The van der Waals surface area contributed by atoms with E-state index in [2.05, 4.69) is 22.2 Å². The van der Waals surface area contributed by atoms with Gasteiger partial charge in [-0.05, 0) is 19.4 Å². The zero-order valence-corrected chi connectivity index (χ0v) is 15.9. The molecular formula is C19H23N3O3S. The minimum absolute atomic E-state index is 0.0520. The maximum atomic E-state index is 12.0. The smallest absolute Gasteiger partial charge is 0.255 e. The topological polar surface area (TPSA) is 80.3 Å². The lowest BCUT2D eigenvalue weighted by Gasteiger charge is -2.13. The number of hydrogen-bond donors (Lipinski definition) is 2. The average Bonchev–Trinajstić information content (AvgIpc) is 3.07. The van der Waals surface area contributed by atoms with Gasteiger partial charge in [0.15, 0.2) is 5.13 Å². The summed E-state index contributed by atoms with van der Waals surface area (Å²) in [6.07, 6.45) is 1.02. The molecule has 0 aliphatic carbocycles. The molecule has 2 rings (SSSR count). The zero-order chi connectivity index (χ0) is 19.1. The number of carbonyl (C=O) groups is 2. The van der Waals surface area contributed by atoms with Gasteiger partial charge in [-0.3, -0.25) is 14.9 Å². The molecule has 0 aliphatic rings. The first-order chi connectivity index (χ1) is 12.4. The first kappa shape index (κ1) is 19.8. The summed E-state index contributed by atoms with van der Waals surface area (Å²) in [5.41, 5.74) is 2.74. The van der Waals surface area contributed by atoms with E-state index >= 15 is 0 Å². The lowest BCUT2D eigenvalue weighted by atomic mass is 10.1. The normalized spacial score (nSPS) is 12.9. The number of benzene rings is 1. The largest absolute Gasteiger partial charge is 0.365 e. The number of anilines is 1. The Hall–Kier alpha value is -2.51. The van der Waals surface area contributed by atoms with E-state index in [1.165, 1.54) is 18.3 Å². The quantitative estimate of drug-likeness (QED) is 0.694. The molecule has 1 aromatic carbocycles. The van der Waals surface area contributed by atoms with Crippen LogP contribution in [0.5, 0.6) is 0 Å². The molecule has 2 amide bonds. The molecule has 26 heavy (non-hydrogen) atoms. The van der Waals surface area contributed by atoms with Gasteiger partial charge in [-0.1, -0.05) is 30.3 Å². The molecule has 0 spiro atoms. The van der Waals surface area contributed by atoms with Crippen molar-refractivity contribution in [2.75, 3.05) is 11.9 Å². The van der Waals surface area contributed by atoms with Crippen LogP contribution in [0.3, 0.4) is 0 Å². The van der Waals surface area contributed by atoms with E-state index in [0.29, 0.717) is 11.7 Å². The van der Waals surface area contributed by atoms with Crippen LogP contribution in [0.1, 0.15) is 32.4 Å². The zero-order valence-electron chi connectivity index (χ0n) is 15.1. The second-order valence-electron chi connectivity index (χ2n) is 5.84. The van der Waals surface area contributed by atoms with Crippen LogP contribution in [0.15, 0.2) is 42.3 Å². The van der Waals surface area contributed by atoms with Crippen LogP contribution in [0.25, 0.3) is 11.3 Å². The van der Waals surface area contributed by atoms with E-state index in [4.69, 9.17) is 4.74 Å². The Morgan fingerprint density at radius 1 is 1.31 bits per heavy atom. The van der Waals surface area contributed by atoms with E-state index in [9.17, 15) is 9.59 Å². The first-order valence-corrected chi connectivity index (χ1v) is 9.15. The molecule has 0 saturated heterocycles. The molecule has 1 heterocycles. The Morgan fingerprint density at radius 2 is 2.00 bits per heavy atom. The van der Waals surface area contributed by atoms with Crippen molar-refractivity contribution in [1.82, 2.24) is 10.3 Å².